The van der Waals surface area contributed by atoms with E-state index in [0.717, 1.165) is 15.7 Å². The SMILES string of the molecule is COc1ccccc1Cn1c(C)c(-c2ccccc2F)c(=O)n(CC(N)c2ccccc2)c1=O. The summed E-state index contributed by atoms with van der Waals surface area (Å²) < 4.78 is 22.8. The normalized spacial score (nSPS) is 11.9. The van der Waals surface area contributed by atoms with Crippen LogP contribution in [0.1, 0.15) is 22.9 Å². The molecule has 1 heterocycles. The molecule has 0 saturated carbocycles. The summed E-state index contributed by atoms with van der Waals surface area (Å²) >= 11 is 0. The highest BCUT2D eigenvalue weighted by atomic mass is 19.1. The van der Waals surface area contributed by atoms with E-state index in [2.05, 4.69) is 0 Å². The number of hydrogen-bond donors (Lipinski definition) is 1. The highest BCUT2D eigenvalue weighted by Crippen LogP contribution is 2.24. The summed E-state index contributed by atoms with van der Waals surface area (Å²) in [7, 11) is 1.55. The van der Waals surface area contributed by atoms with E-state index in [0.29, 0.717) is 11.4 Å². The van der Waals surface area contributed by atoms with Crippen molar-refractivity contribution in [3.05, 3.63) is 122 Å². The maximum Gasteiger partial charge on any atom is 0.331 e. The summed E-state index contributed by atoms with van der Waals surface area (Å²) in [6.45, 7) is 1.76. The number of rotatable bonds is 7. The molecule has 0 aliphatic heterocycles. The van der Waals surface area contributed by atoms with Crippen LogP contribution in [0.2, 0.25) is 0 Å². The molecule has 0 fully saturated rings. The van der Waals surface area contributed by atoms with Gasteiger partial charge in [-0.1, -0.05) is 66.7 Å². The molecule has 0 amide bonds. The molecule has 1 atom stereocenters. The lowest BCUT2D eigenvalue weighted by Crippen LogP contribution is -2.44. The van der Waals surface area contributed by atoms with Crippen LogP contribution in [0, 0.1) is 12.7 Å². The van der Waals surface area contributed by atoms with Crippen LogP contribution in [-0.2, 0) is 13.1 Å². The van der Waals surface area contributed by atoms with Crippen LogP contribution in [0.4, 0.5) is 4.39 Å². The quantitative estimate of drug-likeness (QED) is 0.455. The molecule has 6 nitrogen and oxygen atoms in total. The van der Waals surface area contributed by atoms with Gasteiger partial charge >= 0.3 is 5.69 Å². The number of benzene rings is 3. The van der Waals surface area contributed by atoms with Gasteiger partial charge in [0.05, 0.1) is 25.8 Å². The van der Waals surface area contributed by atoms with Gasteiger partial charge in [0.15, 0.2) is 0 Å². The fraction of sp³-hybridized carbons (Fsp3) is 0.185. The number of nitrogens with zero attached hydrogens (tertiary/aromatic N) is 2. The van der Waals surface area contributed by atoms with Crippen LogP contribution in [0.15, 0.2) is 88.5 Å². The van der Waals surface area contributed by atoms with Crippen LogP contribution < -0.4 is 21.7 Å². The number of halogens is 1. The van der Waals surface area contributed by atoms with Gasteiger partial charge in [0.1, 0.15) is 11.6 Å². The zero-order valence-electron chi connectivity index (χ0n) is 19.1. The van der Waals surface area contributed by atoms with E-state index in [9.17, 15) is 14.0 Å². The molecule has 0 saturated heterocycles. The van der Waals surface area contributed by atoms with Crippen molar-refractivity contribution in [1.82, 2.24) is 9.13 Å². The number of para-hydroxylation sites is 1. The standard InChI is InChI=1S/C27H26FN3O3/c1-18-25(21-13-7-8-14-22(21)28)26(32)31(17-23(29)19-10-4-3-5-11-19)27(33)30(18)16-20-12-6-9-15-24(20)34-2/h3-15,23H,16-17,29H2,1-2H3. The molecule has 0 radical (unpaired) electrons. The third-order valence-electron chi connectivity index (χ3n) is 5.96. The Morgan fingerprint density at radius 2 is 1.56 bits per heavy atom. The van der Waals surface area contributed by atoms with Crippen molar-refractivity contribution in [2.24, 2.45) is 5.73 Å². The predicted octanol–water partition coefficient (Wildman–Crippen LogP) is 3.88. The lowest BCUT2D eigenvalue weighted by molar-refractivity contribution is 0.407. The van der Waals surface area contributed by atoms with E-state index < -0.39 is 23.1 Å². The van der Waals surface area contributed by atoms with Gasteiger partial charge in [-0.2, -0.15) is 0 Å². The Labute approximate surface area is 196 Å². The second kappa shape index (κ2) is 9.89. The molecule has 1 unspecified atom stereocenters. The second-order valence-corrected chi connectivity index (χ2v) is 8.05. The van der Waals surface area contributed by atoms with Gasteiger partial charge in [0.2, 0.25) is 0 Å². The lowest BCUT2D eigenvalue weighted by atomic mass is 10.0. The average Bonchev–Trinajstić information content (AvgIpc) is 2.86. The number of aromatic nitrogens is 2. The monoisotopic (exact) mass is 459 g/mol. The predicted molar refractivity (Wildman–Crippen MR) is 131 cm³/mol. The molecule has 4 aromatic rings. The van der Waals surface area contributed by atoms with Crippen LogP contribution in [0.25, 0.3) is 11.1 Å². The maximum atomic E-state index is 14.8. The van der Waals surface area contributed by atoms with E-state index in [1.54, 1.807) is 38.3 Å². The topological polar surface area (TPSA) is 79.2 Å². The molecule has 0 bridgehead atoms. The van der Waals surface area contributed by atoms with Gasteiger partial charge in [-0.25, -0.2) is 9.18 Å². The molecule has 2 N–H and O–H groups in total. The zero-order chi connectivity index (χ0) is 24.2. The van der Waals surface area contributed by atoms with Crippen LogP contribution in [0.3, 0.4) is 0 Å². The smallest absolute Gasteiger partial charge is 0.331 e. The maximum absolute atomic E-state index is 14.8. The molecule has 0 aliphatic carbocycles. The Balaban J connectivity index is 1.93. The Morgan fingerprint density at radius 1 is 0.912 bits per heavy atom. The summed E-state index contributed by atoms with van der Waals surface area (Å²) in [6.07, 6.45) is 0. The van der Waals surface area contributed by atoms with Crippen LogP contribution in [-0.4, -0.2) is 16.2 Å². The Hall–Kier alpha value is -3.97. The van der Waals surface area contributed by atoms with E-state index in [-0.39, 0.29) is 24.2 Å². The summed E-state index contributed by atoms with van der Waals surface area (Å²) in [6, 6.07) is 22.0. The molecule has 7 heteroatoms. The lowest BCUT2D eigenvalue weighted by Gasteiger charge is -2.20. The van der Waals surface area contributed by atoms with E-state index in [1.807, 2.05) is 48.5 Å². The second-order valence-electron chi connectivity index (χ2n) is 8.05. The van der Waals surface area contributed by atoms with Gasteiger partial charge < -0.3 is 10.5 Å². The van der Waals surface area contributed by atoms with Crippen molar-refractivity contribution >= 4 is 0 Å². The highest BCUT2D eigenvalue weighted by molar-refractivity contribution is 5.65. The number of methoxy groups -OCH3 is 1. The Kier molecular flexibility index (Phi) is 6.75. The van der Waals surface area contributed by atoms with Crippen molar-refractivity contribution in [1.29, 1.82) is 0 Å². The van der Waals surface area contributed by atoms with Crippen LogP contribution in [0.5, 0.6) is 5.75 Å². The minimum atomic E-state index is -0.595. The number of nitrogens with two attached hydrogens (primary N) is 1. The Morgan fingerprint density at radius 3 is 2.26 bits per heavy atom. The number of hydrogen-bond acceptors (Lipinski definition) is 4. The third-order valence-corrected chi connectivity index (χ3v) is 5.96. The Bertz CT molecular complexity index is 1430. The molecular formula is C27H26FN3O3. The van der Waals surface area contributed by atoms with E-state index in [4.69, 9.17) is 10.5 Å². The van der Waals surface area contributed by atoms with E-state index in [1.165, 1.54) is 10.6 Å². The first-order valence-corrected chi connectivity index (χ1v) is 10.9. The molecule has 0 spiro atoms. The van der Waals surface area contributed by atoms with Crippen molar-refractivity contribution in [3.8, 4) is 16.9 Å². The van der Waals surface area contributed by atoms with Gasteiger partial charge in [-0.15, -0.1) is 0 Å². The fourth-order valence-electron chi connectivity index (χ4n) is 4.13. The zero-order valence-corrected chi connectivity index (χ0v) is 19.1. The molecule has 0 aliphatic rings. The van der Waals surface area contributed by atoms with Gasteiger partial charge in [0.25, 0.3) is 5.56 Å². The van der Waals surface area contributed by atoms with E-state index >= 15 is 0 Å². The van der Waals surface area contributed by atoms with Crippen molar-refractivity contribution < 1.29 is 9.13 Å². The molecule has 3 aromatic carbocycles. The highest BCUT2D eigenvalue weighted by Gasteiger charge is 2.22. The molecule has 1 aromatic heterocycles. The summed E-state index contributed by atoms with van der Waals surface area (Å²) in [5.41, 5.74) is 7.47. The van der Waals surface area contributed by atoms with Crippen LogP contribution >= 0.6 is 0 Å². The minimum absolute atomic E-state index is 0.0463. The first-order chi connectivity index (χ1) is 16.4. The molecular weight excluding hydrogens is 433 g/mol. The summed E-state index contributed by atoms with van der Waals surface area (Å²) in [4.78, 5) is 27.1. The van der Waals surface area contributed by atoms with Crippen molar-refractivity contribution in [3.63, 3.8) is 0 Å². The number of ether oxygens (including phenoxy) is 1. The largest absolute Gasteiger partial charge is 0.496 e. The summed E-state index contributed by atoms with van der Waals surface area (Å²) in [5, 5.41) is 0. The third kappa shape index (κ3) is 4.43. The van der Waals surface area contributed by atoms with Crippen molar-refractivity contribution in [2.45, 2.75) is 26.1 Å². The average molecular weight is 460 g/mol. The first-order valence-electron chi connectivity index (χ1n) is 10.9. The fourth-order valence-corrected chi connectivity index (χ4v) is 4.13. The van der Waals surface area contributed by atoms with Gasteiger partial charge in [0, 0.05) is 22.9 Å². The van der Waals surface area contributed by atoms with Crippen molar-refractivity contribution in [2.75, 3.05) is 7.11 Å². The first kappa shape index (κ1) is 23.2. The molecule has 34 heavy (non-hydrogen) atoms. The van der Waals surface area contributed by atoms with Gasteiger partial charge in [-0.3, -0.25) is 13.9 Å². The molecule has 174 valence electrons. The van der Waals surface area contributed by atoms with Gasteiger partial charge in [-0.05, 0) is 24.6 Å². The minimum Gasteiger partial charge on any atom is -0.496 e. The molecule has 4 rings (SSSR count). The summed E-state index contributed by atoms with van der Waals surface area (Å²) in [5.74, 6) is 0.0732.